The van der Waals surface area contributed by atoms with E-state index in [1.807, 2.05) is 36.4 Å². The van der Waals surface area contributed by atoms with Crippen LogP contribution in [0.4, 0.5) is 0 Å². The molecule has 15 heavy (non-hydrogen) atoms. The second-order valence-electron chi connectivity index (χ2n) is 3.19. The van der Waals surface area contributed by atoms with E-state index in [0.29, 0.717) is 0 Å². The Bertz CT molecular complexity index is 397. The van der Waals surface area contributed by atoms with Crippen molar-refractivity contribution in [3.8, 4) is 0 Å². The number of benzene rings is 2. The minimum Gasteiger partial charge on any atom is -0.160 e. The van der Waals surface area contributed by atoms with E-state index >= 15 is 0 Å². The molecule has 0 N–H and O–H groups in total. The van der Waals surface area contributed by atoms with Crippen LogP contribution in [0.25, 0.3) is 0 Å². The molecule has 0 spiro atoms. The number of hydrogen-bond donors (Lipinski definition) is 1. The maximum absolute atomic E-state index is 4.59. The summed E-state index contributed by atoms with van der Waals surface area (Å²) in [6.45, 7) is 0. The molecule has 0 heterocycles. The highest BCUT2D eigenvalue weighted by molar-refractivity contribution is 8.09. The third-order valence-corrected chi connectivity index (χ3v) is 3.73. The van der Waals surface area contributed by atoms with Gasteiger partial charge in [0, 0.05) is 4.90 Å². The molecule has 0 aliphatic rings. The minimum absolute atomic E-state index is 0.202. The number of thioether (sulfide) groups is 1. The molecule has 0 amide bonds. The highest BCUT2D eigenvalue weighted by atomic mass is 32.2. The Balaban J connectivity index is 2.08. The molecule has 0 aliphatic carbocycles. The molecule has 1 unspecified atom stereocenters. The Labute approximate surface area is 100 Å². The van der Waals surface area contributed by atoms with Crippen molar-refractivity contribution in [3.05, 3.63) is 66.2 Å². The zero-order valence-corrected chi connectivity index (χ0v) is 9.92. The van der Waals surface area contributed by atoms with Crippen molar-refractivity contribution in [3.63, 3.8) is 0 Å². The van der Waals surface area contributed by atoms with Gasteiger partial charge in [0.2, 0.25) is 0 Å². The summed E-state index contributed by atoms with van der Waals surface area (Å²) in [6, 6.07) is 20.7. The molecule has 2 rings (SSSR count). The first-order valence-corrected chi connectivity index (χ1v) is 6.20. The van der Waals surface area contributed by atoms with E-state index in [1.54, 1.807) is 11.8 Å². The van der Waals surface area contributed by atoms with E-state index in [2.05, 4.69) is 36.9 Å². The van der Waals surface area contributed by atoms with E-state index in [4.69, 9.17) is 0 Å². The van der Waals surface area contributed by atoms with Gasteiger partial charge in [0.15, 0.2) is 0 Å². The van der Waals surface area contributed by atoms with Crippen molar-refractivity contribution in [1.82, 2.24) is 0 Å². The van der Waals surface area contributed by atoms with E-state index in [0.717, 1.165) is 0 Å². The SMILES string of the molecule is SC(Sc1ccccc1)c1ccccc1. The lowest BCUT2D eigenvalue weighted by atomic mass is 10.2. The standard InChI is InChI=1S/C13H12S2/c14-13(11-7-3-1-4-8-11)15-12-9-5-2-6-10-12/h1-10,13-14H. The predicted molar refractivity (Wildman–Crippen MR) is 70.5 cm³/mol. The summed E-state index contributed by atoms with van der Waals surface area (Å²) in [7, 11) is 0. The van der Waals surface area contributed by atoms with Crippen LogP contribution in [0.5, 0.6) is 0 Å². The van der Waals surface area contributed by atoms with E-state index < -0.39 is 0 Å². The van der Waals surface area contributed by atoms with Crippen molar-refractivity contribution in [1.29, 1.82) is 0 Å². The van der Waals surface area contributed by atoms with Gasteiger partial charge in [-0.1, -0.05) is 48.5 Å². The number of hydrogen-bond acceptors (Lipinski definition) is 2. The Hall–Kier alpha value is -0.860. The first kappa shape index (κ1) is 10.7. The molecule has 0 aliphatic heterocycles. The van der Waals surface area contributed by atoms with Crippen molar-refractivity contribution in [2.24, 2.45) is 0 Å². The van der Waals surface area contributed by atoms with Crippen LogP contribution in [-0.2, 0) is 0 Å². The summed E-state index contributed by atoms with van der Waals surface area (Å²) in [4.78, 5) is 1.25. The molecule has 0 aromatic heterocycles. The maximum Gasteiger partial charge on any atom is 0.0768 e. The zero-order valence-electron chi connectivity index (χ0n) is 8.21. The summed E-state index contributed by atoms with van der Waals surface area (Å²) < 4.78 is 0.202. The monoisotopic (exact) mass is 232 g/mol. The average Bonchev–Trinajstić information content (AvgIpc) is 2.31. The van der Waals surface area contributed by atoms with Crippen LogP contribution in [0.3, 0.4) is 0 Å². The highest BCUT2D eigenvalue weighted by Gasteiger charge is 2.06. The summed E-state index contributed by atoms with van der Waals surface area (Å²) in [5, 5.41) is 0. The molecule has 0 saturated carbocycles. The van der Waals surface area contributed by atoms with Crippen LogP contribution in [0.2, 0.25) is 0 Å². The van der Waals surface area contributed by atoms with Crippen molar-refractivity contribution < 1.29 is 0 Å². The van der Waals surface area contributed by atoms with E-state index in [9.17, 15) is 0 Å². The van der Waals surface area contributed by atoms with Gasteiger partial charge in [-0.05, 0) is 17.7 Å². The fourth-order valence-electron chi connectivity index (χ4n) is 1.31. The minimum atomic E-state index is 0.202. The molecule has 0 fully saturated rings. The van der Waals surface area contributed by atoms with Crippen LogP contribution >= 0.6 is 24.4 Å². The summed E-state index contributed by atoms with van der Waals surface area (Å²) in [5.74, 6) is 0. The molecular formula is C13H12S2. The van der Waals surface area contributed by atoms with Crippen LogP contribution in [0, 0.1) is 0 Å². The molecule has 2 aromatic carbocycles. The number of thiol groups is 1. The lowest BCUT2D eigenvalue weighted by Gasteiger charge is -2.10. The summed E-state index contributed by atoms with van der Waals surface area (Å²) >= 11 is 6.35. The van der Waals surface area contributed by atoms with Crippen molar-refractivity contribution >= 4 is 24.4 Å². The van der Waals surface area contributed by atoms with Crippen LogP contribution in [-0.4, -0.2) is 0 Å². The van der Waals surface area contributed by atoms with Gasteiger partial charge in [0.1, 0.15) is 0 Å². The lowest BCUT2D eigenvalue weighted by molar-refractivity contribution is 1.36. The Kier molecular flexibility index (Phi) is 3.75. The molecule has 0 saturated heterocycles. The summed E-state index contributed by atoms with van der Waals surface area (Å²) in [5.41, 5.74) is 1.25. The Morgan fingerprint density at radius 3 is 1.93 bits per heavy atom. The largest absolute Gasteiger partial charge is 0.160 e. The molecule has 1 atom stereocenters. The van der Waals surface area contributed by atoms with Gasteiger partial charge in [-0.3, -0.25) is 0 Å². The van der Waals surface area contributed by atoms with E-state index in [-0.39, 0.29) is 4.58 Å². The smallest absolute Gasteiger partial charge is 0.0768 e. The topological polar surface area (TPSA) is 0 Å². The summed E-state index contributed by atoms with van der Waals surface area (Å²) in [6.07, 6.45) is 0. The second kappa shape index (κ2) is 5.29. The van der Waals surface area contributed by atoms with E-state index in [1.165, 1.54) is 10.5 Å². The quantitative estimate of drug-likeness (QED) is 0.465. The highest BCUT2D eigenvalue weighted by Crippen LogP contribution is 2.37. The van der Waals surface area contributed by atoms with Gasteiger partial charge >= 0.3 is 0 Å². The third-order valence-electron chi connectivity index (χ3n) is 2.08. The molecule has 0 radical (unpaired) electrons. The molecule has 2 aromatic rings. The second-order valence-corrected chi connectivity index (χ2v) is 5.24. The van der Waals surface area contributed by atoms with Gasteiger partial charge in [-0.2, -0.15) is 12.6 Å². The zero-order chi connectivity index (χ0) is 10.5. The van der Waals surface area contributed by atoms with Crippen molar-refractivity contribution in [2.75, 3.05) is 0 Å². The fraction of sp³-hybridized carbons (Fsp3) is 0.0769. The predicted octanol–water partition coefficient (Wildman–Crippen LogP) is 4.41. The van der Waals surface area contributed by atoms with Crippen LogP contribution < -0.4 is 0 Å². The fourth-order valence-corrected chi connectivity index (χ4v) is 2.72. The van der Waals surface area contributed by atoms with Gasteiger partial charge < -0.3 is 0 Å². The molecule has 0 nitrogen and oxygen atoms in total. The van der Waals surface area contributed by atoms with Gasteiger partial charge in [-0.25, -0.2) is 0 Å². The Morgan fingerprint density at radius 1 is 0.800 bits per heavy atom. The van der Waals surface area contributed by atoms with Gasteiger partial charge in [0.25, 0.3) is 0 Å². The first-order chi connectivity index (χ1) is 7.36. The Morgan fingerprint density at radius 2 is 1.33 bits per heavy atom. The normalized spacial score (nSPS) is 12.3. The molecule has 76 valence electrons. The molecular weight excluding hydrogens is 220 g/mol. The maximum atomic E-state index is 4.59. The average molecular weight is 232 g/mol. The van der Waals surface area contributed by atoms with Crippen LogP contribution in [0.1, 0.15) is 10.1 Å². The molecule has 2 heteroatoms. The third kappa shape index (κ3) is 3.05. The van der Waals surface area contributed by atoms with Gasteiger partial charge in [-0.15, -0.1) is 11.8 Å². The van der Waals surface area contributed by atoms with Crippen molar-refractivity contribution in [2.45, 2.75) is 9.48 Å². The first-order valence-electron chi connectivity index (χ1n) is 4.81. The number of rotatable bonds is 3. The molecule has 0 bridgehead atoms. The lowest BCUT2D eigenvalue weighted by Crippen LogP contribution is -1.83. The van der Waals surface area contributed by atoms with Gasteiger partial charge in [0.05, 0.1) is 4.58 Å². The van der Waals surface area contributed by atoms with Crippen LogP contribution in [0.15, 0.2) is 65.6 Å².